The van der Waals surface area contributed by atoms with Gasteiger partial charge in [0.25, 0.3) is 17.7 Å². The minimum Gasteiger partial charge on any atom is -0.399 e. The molecular weight excluding hydrogens is 1780 g/mol. The van der Waals surface area contributed by atoms with E-state index in [4.69, 9.17) is 43.7 Å². The fraction of sp³-hybridized carbons (Fsp3) is 0.207. The molecule has 6 aromatic heterocycles. The summed E-state index contributed by atoms with van der Waals surface area (Å²) in [6.45, 7) is 14.5. The highest BCUT2D eigenvalue weighted by Gasteiger charge is 2.52. The second kappa shape index (κ2) is 44.4. The molecule has 0 radical (unpaired) electrons. The summed E-state index contributed by atoms with van der Waals surface area (Å²) < 4.78 is 220. The molecule has 0 atom stereocenters. The maximum Gasteiger partial charge on any atom is 0.494 e. The number of aryl methyl sites for hydroxylation is 3. The Morgan fingerprint density at radius 1 is 0.378 bits per heavy atom. The van der Waals surface area contributed by atoms with E-state index in [2.05, 4.69) is 107 Å². The van der Waals surface area contributed by atoms with Gasteiger partial charge in [-0.1, -0.05) is 91.0 Å². The van der Waals surface area contributed by atoms with Crippen molar-refractivity contribution in [1.82, 2.24) is 45.9 Å². The average Bonchev–Trinajstić information content (AvgIpc) is 1.63. The molecule has 16 N–H and O–H groups in total. The van der Waals surface area contributed by atoms with Crippen LogP contribution in [0.25, 0.3) is 22.3 Å². The molecule has 1 saturated heterocycles. The summed E-state index contributed by atoms with van der Waals surface area (Å²) in [5.41, 5.74) is 39.2. The topological polar surface area (TPSA) is 351 Å². The average molecular weight is 1860 g/mol. The van der Waals surface area contributed by atoms with Gasteiger partial charge in [-0.2, -0.15) is 43.9 Å². The Balaban J connectivity index is 0.000000219. The molecule has 7 heterocycles. The van der Waals surface area contributed by atoms with Crippen molar-refractivity contribution in [3.63, 3.8) is 0 Å². The van der Waals surface area contributed by atoms with Crippen LogP contribution in [-0.4, -0.2) is 65.9 Å². The number of nitrogen functional groups attached to an aromatic ring is 4. The molecule has 0 spiro atoms. The molecule has 1 aliphatic rings. The monoisotopic (exact) mass is 1860 g/mol. The number of nitrogens with one attached hydrogen (secondary N) is 4. The standard InChI is InChI=1S/C27H22F5N5O.C14H8F6N2O.C14H10F5N3O.C13H20BNO2.C13H15N3.C6H7BrN2.ClH/c1-15-8-19(13-34-24(15)33)18-5-2-16(3-6-18)11-35-25-21(10-20(14-36-25)27(30,31)32)26(38)37-12-17-4-7-22(28)23(29)9-17;15-10-2-1-7(3-11(10)16)5-22-13(23)9-4-8(14(18,19)20)6-21-12(9)17;15-10-2-1-7(3-11(10)16)5-22-13(23)9-4-8(14(17,18)19)6-21-12(9)20;1-12(2)13(3,4)17-14(16-12)11-7-5-10(9-15)6-8-11;1-9-6-12(8-16-13(9)15)11-4-2-10(7-14)3-5-11;1-4-2-5(7)3-9-6(4)8;/h2-10,13-14H,11-12H2,1H3,(H2,33,34)(H,35,36)(H,37,38);1-4,6H,5H2,(H,22,23);1-4,6H,5H2,(H2,20,21)(H,22,23);5-8H,9,15H2,1-4H3;2-6,8H,7,14H2,1H3,(H2,15,16);2-3H,1H3,(H2,8,9);1H. The van der Waals surface area contributed by atoms with Crippen LogP contribution in [0.15, 0.2) is 205 Å². The van der Waals surface area contributed by atoms with E-state index in [1.807, 2.05) is 99.6 Å². The number of carbonyl (C=O) groups is 3. The van der Waals surface area contributed by atoms with Crippen LogP contribution in [0.5, 0.6) is 0 Å². The van der Waals surface area contributed by atoms with Gasteiger partial charge in [-0.3, -0.25) is 14.4 Å². The van der Waals surface area contributed by atoms with Crippen LogP contribution in [0.3, 0.4) is 0 Å². The van der Waals surface area contributed by atoms with Gasteiger partial charge in [-0.25, -0.2) is 56.2 Å². The number of hydrogen-bond donors (Lipinski definition) is 10. The molecule has 1 aliphatic heterocycles. The first kappa shape index (κ1) is 101. The summed E-state index contributed by atoms with van der Waals surface area (Å²) in [5.74, 6) is -9.67. The van der Waals surface area contributed by atoms with Crippen LogP contribution < -0.4 is 61.1 Å². The molecule has 0 bridgehead atoms. The van der Waals surface area contributed by atoms with Crippen molar-refractivity contribution < 1.29 is 93.9 Å². The second-order valence-electron chi connectivity index (χ2n) is 28.8. The molecule has 0 aliphatic carbocycles. The lowest BCUT2D eigenvalue weighted by atomic mass is 9.79. The molecule has 21 nitrogen and oxygen atoms in total. The van der Waals surface area contributed by atoms with E-state index in [0.29, 0.717) is 61.1 Å². The lowest BCUT2D eigenvalue weighted by Gasteiger charge is -2.32. The van der Waals surface area contributed by atoms with Gasteiger partial charge < -0.3 is 65.0 Å². The van der Waals surface area contributed by atoms with Crippen LogP contribution in [0.4, 0.5) is 99.3 Å². The summed E-state index contributed by atoms with van der Waals surface area (Å²) in [7, 11) is -0.285. The van der Waals surface area contributed by atoms with Gasteiger partial charge >= 0.3 is 25.6 Å². The third kappa shape index (κ3) is 29.1. The number of benzene rings is 6. The Labute approximate surface area is 733 Å². The quantitative estimate of drug-likeness (QED) is 0.0230. The van der Waals surface area contributed by atoms with Crippen molar-refractivity contribution in [3.8, 4) is 22.3 Å². The molecule has 670 valence electrons. The smallest absolute Gasteiger partial charge is 0.399 e. The minimum absolute atomic E-state index is 0. The first-order chi connectivity index (χ1) is 59.1. The van der Waals surface area contributed by atoms with E-state index in [9.17, 15) is 84.6 Å². The number of hydrogen-bond acceptors (Lipinski definition) is 18. The number of pyridine rings is 6. The van der Waals surface area contributed by atoms with E-state index < -0.39 is 105 Å². The molecule has 12 aromatic rings. The molecule has 3 amide bonds. The summed E-state index contributed by atoms with van der Waals surface area (Å²) in [6, 6.07) is 39.9. The zero-order valence-corrected chi connectivity index (χ0v) is 70.8. The molecular formula is C87H83BBrClF16N16O5. The number of rotatable bonds is 17. The van der Waals surface area contributed by atoms with Gasteiger partial charge in [0.2, 0.25) is 5.95 Å². The Morgan fingerprint density at radius 3 is 1.09 bits per heavy atom. The predicted molar refractivity (Wildman–Crippen MR) is 456 cm³/mol. The number of nitrogens with two attached hydrogens (primary N) is 6. The fourth-order valence-corrected chi connectivity index (χ4v) is 11.4. The minimum atomic E-state index is -4.78. The van der Waals surface area contributed by atoms with Gasteiger partial charge in [0, 0.05) is 92.0 Å². The summed E-state index contributed by atoms with van der Waals surface area (Å²) in [6.07, 6.45) is -7.62. The number of halogens is 18. The number of amides is 3. The van der Waals surface area contributed by atoms with Crippen LogP contribution >= 0.6 is 28.3 Å². The Morgan fingerprint density at radius 2 is 0.709 bits per heavy atom. The highest BCUT2D eigenvalue weighted by Crippen LogP contribution is 2.38. The molecule has 127 heavy (non-hydrogen) atoms. The molecule has 1 fully saturated rings. The summed E-state index contributed by atoms with van der Waals surface area (Å²) in [4.78, 5) is 58.7. The SMILES string of the molecule is CC1(C)OB(c2ccc(CN)cc2)OC1(C)C.Cc1cc(-c2ccc(CN)cc2)cnc1N.Cc1cc(-c2ccc(CNc3ncc(C(F)(F)F)cc3C(=O)NCc3ccc(F)c(F)c3)cc2)cnc1N.Cc1cc(Br)cnc1N.Cl.Nc1ncc(C(F)(F)F)cc1C(=O)NCc1ccc(F)c(F)c1.O=C(NCc1ccc(F)c(F)c1)c1cc(C(F)(F)F)cnc1F. The second-order valence-corrected chi connectivity index (χ2v) is 29.7. The summed E-state index contributed by atoms with van der Waals surface area (Å²) in [5, 5.41) is 9.70. The summed E-state index contributed by atoms with van der Waals surface area (Å²) >= 11 is 3.28. The number of anilines is 5. The Hall–Kier alpha value is -12.8. The molecule has 0 unspecified atom stereocenters. The van der Waals surface area contributed by atoms with Gasteiger partial charge in [0.15, 0.2) is 34.9 Å². The third-order valence-corrected chi connectivity index (χ3v) is 19.4. The first-order valence-corrected chi connectivity index (χ1v) is 38.3. The van der Waals surface area contributed by atoms with Crippen molar-refractivity contribution in [2.24, 2.45) is 11.5 Å². The van der Waals surface area contributed by atoms with Crippen molar-refractivity contribution >= 4 is 87.7 Å². The van der Waals surface area contributed by atoms with E-state index >= 15 is 0 Å². The van der Waals surface area contributed by atoms with Crippen LogP contribution in [0.1, 0.15) is 126 Å². The molecule has 6 aromatic carbocycles. The number of aromatic nitrogens is 6. The highest BCUT2D eigenvalue weighted by atomic mass is 79.9. The highest BCUT2D eigenvalue weighted by molar-refractivity contribution is 9.10. The van der Waals surface area contributed by atoms with Gasteiger partial charge in [-0.05, 0) is 204 Å². The van der Waals surface area contributed by atoms with Gasteiger partial charge in [0.1, 0.15) is 29.1 Å². The van der Waals surface area contributed by atoms with Crippen molar-refractivity contribution in [3.05, 3.63) is 330 Å². The third-order valence-electron chi connectivity index (χ3n) is 19.0. The molecule has 13 rings (SSSR count). The Bertz CT molecular complexity index is 5670. The van der Waals surface area contributed by atoms with Crippen molar-refractivity contribution in [2.75, 3.05) is 28.3 Å². The van der Waals surface area contributed by atoms with Gasteiger partial charge in [0.05, 0.1) is 44.6 Å². The largest absolute Gasteiger partial charge is 0.494 e. The van der Waals surface area contributed by atoms with E-state index in [-0.39, 0.29) is 97.0 Å². The molecule has 0 saturated carbocycles. The lowest BCUT2D eigenvalue weighted by molar-refractivity contribution is -0.138. The molecule has 40 heteroatoms. The zero-order chi connectivity index (χ0) is 92.9. The Kier molecular flexibility index (Phi) is 35.4. The van der Waals surface area contributed by atoms with Crippen LogP contribution in [-0.2, 0) is 67.1 Å². The van der Waals surface area contributed by atoms with E-state index in [1.165, 1.54) is 18.2 Å². The number of nitrogens with zero attached hydrogens (tertiary/aromatic N) is 6. The zero-order valence-electron chi connectivity index (χ0n) is 68.4. The number of alkyl halides is 9. The lowest BCUT2D eigenvalue weighted by Crippen LogP contribution is -2.41. The van der Waals surface area contributed by atoms with Gasteiger partial charge in [-0.15, -0.1) is 12.4 Å². The maximum absolute atomic E-state index is 13.5. The van der Waals surface area contributed by atoms with Crippen molar-refractivity contribution in [2.45, 2.75) is 117 Å². The van der Waals surface area contributed by atoms with Crippen molar-refractivity contribution in [1.29, 1.82) is 0 Å². The number of carbonyl (C=O) groups excluding carboxylic acids is 3. The predicted octanol–water partition coefficient (Wildman–Crippen LogP) is 17.9. The normalized spacial score (nSPS) is 12.4. The maximum atomic E-state index is 13.5. The van der Waals surface area contributed by atoms with Crippen LogP contribution in [0.2, 0.25) is 0 Å². The first-order valence-electron chi connectivity index (χ1n) is 37.5. The van der Waals surface area contributed by atoms with E-state index in [0.717, 1.165) is 102 Å². The van der Waals surface area contributed by atoms with E-state index in [1.54, 1.807) is 18.6 Å². The van der Waals surface area contributed by atoms with Crippen LogP contribution in [0, 0.1) is 61.6 Å². The fourth-order valence-electron chi connectivity index (χ4n) is 11.0.